The summed E-state index contributed by atoms with van der Waals surface area (Å²) >= 11 is 0. The second-order valence-electron chi connectivity index (χ2n) is 5.55. The number of nitrogens with zero attached hydrogens (tertiary/aromatic N) is 1. The molecule has 0 amide bonds. The average molecular weight is 247 g/mol. The zero-order valence-corrected chi connectivity index (χ0v) is 11.7. The fraction of sp³-hybridized carbons (Fsp3) is 0.625. The van der Waals surface area contributed by atoms with Crippen molar-refractivity contribution in [3.8, 4) is 0 Å². The van der Waals surface area contributed by atoms with Gasteiger partial charge >= 0.3 is 0 Å². The first-order chi connectivity index (χ1) is 8.72. The minimum Gasteiger partial charge on any atom is -0.392 e. The van der Waals surface area contributed by atoms with E-state index in [0.29, 0.717) is 6.04 Å². The Morgan fingerprint density at radius 2 is 1.83 bits per heavy atom. The van der Waals surface area contributed by atoms with Gasteiger partial charge in [0.2, 0.25) is 0 Å². The first-order valence-corrected chi connectivity index (χ1v) is 7.15. The lowest BCUT2D eigenvalue weighted by Crippen LogP contribution is -2.31. The summed E-state index contributed by atoms with van der Waals surface area (Å²) < 4.78 is 0. The van der Waals surface area contributed by atoms with E-state index in [4.69, 9.17) is 0 Å². The summed E-state index contributed by atoms with van der Waals surface area (Å²) in [6.07, 6.45) is 8.02. The predicted molar refractivity (Wildman–Crippen MR) is 77.0 cm³/mol. The van der Waals surface area contributed by atoms with Gasteiger partial charge in [-0.05, 0) is 25.8 Å². The monoisotopic (exact) mass is 247 g/mol. The second kappa shape index (κ2) is 6.24. The van der Waals surface area contributed by atoms with E-state index in [2.05, 4.69) is 37.1 Å². The lowest BCUT2D eigenvalue weighted by Gasteiger charge is -2.31. The molecular weight excluding hydrogens is 222 g/mol. The normalized spacial score (nSPS) is 17.5. The van der Waals surface area contributed by atoms with Crippen molar-refractivity contribution in [3.63, 3.8) is 0 Å². The molecule has 0 radical (unpaired) electrons. The highest BCUT2D eigenvalue weighted by Crippen LogP contribution is 2.28. The molecule has 2 heteroatoms. The molecule has 1 aliphatic carbocycles. The van der Waals surface area contributed by atoms with E-state index in [0.717, 1.165) is 5.56 Å². The first-order valence-electron chi connectivity index (χ1n) is 7.15. The number of aryl methyl sites for hydroxylation is 1. The molecule has 1 fully saturated rings. The van der Waals surface area contributed by atoms with E-state index >= 15 is 0 Å². The van der Waals surface area contributed by atoms with Gasteiger partial charge in [0.15, 0.2) is 0 Å². The summed E-state index contributed by atoms with van der Waals surface area (Å²) in [6.45, 7) is 2.21. The van der Waals surface area contributed by atoms with Crippen LogP contribution in [0.25, 0.3) is 0 Å². The first kappa shape index (κ1) is 13.4. The van der Waals surface area contributed by atoms with E-state index in [9.17, 15) is 5.11 Å². The number of hydrogen-bond donors (Lipinski definition) is 1. The second-order valence-corrected chi connectivity index (χ2v) is 5.55. The number of hydrogen-bond acceptors (Lipinski definition) is 2. The van der Waals surface area contributed by atoms with Crippen LogP contribution < -0.4 is 4.90 Å². The molecule has 0 unspecified atom stereocenters. The van der Waals surface area contributed by atoms with Crippen LogP contribution in [-0.2, 0) is 6.61 Å². The predicted octanol–water partition coefficient (Wildman–Crippen LogP) is 3.65. The van der Waals surface area contributed by atoms with Crippen molar-refractivity contribution in [1.29, 1.82) is 0 Å². The minimum absolute atomic E-state index is 0.133. The smallest absolute Gasteiger partial charge is 0.0702 e. The van der Waals surface area contributed by atoms with Crippen LogP contribution in [0.15, 0.2) is 18.2 Å². The van der Waals surface area contributed by atoms with Crippen LogP contribution in [0.3, 0.4) is 0 Å². The van der Waals surface area contributed by atoms with Crippen molar-refractivity contribution >= 4 is 5.69 Å². The van der Waals surface area contributed by atoms with Gasteiger partial charge < -0.3 is 10.0 Å². The fourth-order valence-corrected chi connectivity index (χ4v) is 3.03. The Bertz CT molecular complexity index is 381. The Labute approximate surface area is 111 Å². The highest BCUT2D eigenvalue weighted by Gasteiger charge is 2.19. The fourth-order valence-electron chi connectivity index (χ4n) is 3.03. The zero-order chi connectivity index (χ0) is 13.0. The molecule has 2 rings (SSSR count). The van der Waals surface area contributed by atoms with Crippen LogP contribution in [0.2, 0.25) is 0 Å². The molecule has 1 aliphatic rings. The van der Waals surface area contributed by atoms with Gasteiger partial charge in [-0.25, -0.2) is 0 Å². The number of rotatable bonds is 3. The van der Waals surface area contributed by atoms with Crippen molar-refractivity contribution < 1.29 is 5.11 Å². The van der Waals surface area contributed by atoms with Crippen molar-refractivity contribution in [1.82, 2.24) is 0 Å². The van der Waals surface area contributed by atoms with Crippen LogP contribution in [0.5, 0.6) is 0 Å². The molecule has 100 valence electrons. The van der Waals surface area contributed by atoms with Crippen LogP contribution in [0.4, 0.5) is 5.69 Å². The van der Waals surface area contributed by atoms with Gasteiger partial charge in [0.1, 0.15) is 0 Å². The Morgan fingerprint density at radius 3 is 2.44 bits per heavy atom. The minimum atomic E-state index is 0.133. The van der Waals surface area contributed by atoms with Crippen molar-refractivity contribution in [2.75, 3.05) is 11.9 Å². The summed E-state index contributed by atoms with van der Waals surface area (Å²) in [4.78, 5) is 2.39. The van der Waals surface area contributed by atoms with Crippen molar-refractivity contribution in [2.24, 2.45) is 0 Å². The maximum Gasteiger partial charge on any atom is 0.0702 e. The van der Waals surface area contributed by atoms with Gasteiger partial charge in [-0.15, -0.1) is 0 Å². The summed E-state index contributed by atoms with van der Waals surface area (Å²) in [5.41, 5.74) is 3.48. The molecule has 2 nitrogen and oxygen atoms in total. The molecule has 1 saturated carbocycles. The van der Waals surface area contributed by atoms with Crippen molar-refractivity contribution in [2.45, 2.75) is 58.1 Å². The highest BCUT2D eigenvalue weighted by molar-refractivity contribution is 5.55. The summed E-state index contributed by atoms with van der Waals surface area (Å²) in [7, 11) is 2.18. The zero-order valence-electron chi connectivity index (χ0n) is 11.7. The maximum atomic E-state index is 9.52. The number of aliphatic hydroxyl groups is 1. The lowest BCUT2D eigenvalue weighted by atomic mass is 10.0. The molecule has 0 aromatic heterocycles. The van der Waals surface area contributed by atoms with E-state index in [1.807, 2.05) is 0 Å². The largest absolute Gasteiger partial charge is 0.392 e. The molecule has 1 aromatic carbocycles. The molecule has 0 saturated heterocycles. The molecule has 0 atom stereocenters. The third-order valence-electron chi connectivity index (χ3n) is 4.16. The highest BCUT2D eigenvalue weighted by atomic mass is 16.3. The Morgan fingerprint density at radius 1 is 1.17 bits per heavy atom. The van der Waals surface area contributed by atoms with E-state index in [1.54, 1.807) is 0 Å². The van der Waals surface area contributed by atoms with Gasteiger partial charge in [-0.1, -0.05) is 43.4 Å². The third-order valence-corrected chi connectivity index (χ3v) is 4.16. The Kier molecular flexibility index (Phi) is 4.65. The maximum absolute atomic E-state index is 9.52. The Hall–Kier alpha value is -1.02. The number of anilines is 1. The van der Waals surface area contributed by atoms with Crippen LogP contribution in [0, 0.1) is 6.92 Å². The summed E-state index contributed by atoms with van der Waals surface area (Å²) in [5, 5.41) is 9.52. The lowest BCUT2D eigenvalue weighted by molar-refractivity contribution is 0.281. The molecule has 0 spiro atoms. The van der Waals surface area contributed by atoms with Crippen molar-refractivity contribution in [3.05, 3.63) is 29.3 Å². The molecule has 0 aliphatic heterocycles. The Balaban J connectivity index is 2.18. The van der Waals surface area contributed by atoms with Gasteiger partial charge in [-0.3, -0.25) is 0 Å². The van der Waals surface area contributed by atoms with E-state index in [-0.39, 0.29) is 6.61 Å². The molecule has 1 N–H and O–H groups in total. The standard InChI is InChI=1S/C16H25NO/c1-13-9-10-16(14(11-13)12-18)17(2)15-7-5-3-4-6-8-15/h9-11,15,18H,3-8,12H2,1-2H3. The third kappa shape index (κ3) is 3.05. The molecular formula is C16H25NO. The molecule has 1 aromatic rings. The molecule has 0 heterocycles. The van der Waals surface area contributed by atoms with Crippen LogP contribution >= 0.6 is 0 Å². The van der Waals surface area contributed by atoms with E-state index < -0.39 is 0 Å². The average Bonchev–Trinajstić information content (AvgIpc) is 2.66. The number of benzene rings is 1. The summed E-state index contributed by atoms with van der Waals surface area (Å²) in [5.74, 6) is 0. The summed E-state index contributed by atoms with van der Waals surface area (Å²) in [6, 6.07) is 7.04. The van der Waals surface area contributed by atoms with E-state index in [1.165, 1.54) is 49.8 Å². The van der Waals surface area contributed by atoms with Gasteiger partial charge in [0.25, 0.3) is 0 Å². The topological polar surface area (TPSA) is 23.5 Å². The SMILES string of the molecule is Cc1ccc(N(C)C2CCCCCC2)c(CO)c1. The van der Waals surface area contributed by atoms with Gasteiger partial charge in [0.05, 0.1) is 6.61 Å². The molecule has 0 bridgehead atoms. The number of aliphatic hydroxyl groups excluding tert-OH is 1. The van der Waals surface area contributed by atoms with Gasteiger partial charge in [0, 0.05) is 24.3 Å². The molecule has 18 heavy (non-hydrogen) atoms. The quantitative estimate of drug-likeness (QED) is 0.824. The van der Waals surface area contributed by atoms with Crippen LogP contribution in [-0.4, -0.2) is 18.2 Å². The van der Waals surface area contributed by atoms with Crippen LogP contribution in [0.1, 0.15) is 49.7 Å². The van der Waals surface area contributed by atoms with Gasteiger partial charge in [-0.2, -0.15) is 0 Å².